The second-order valence-corrected chi connectivity index (χ2v) is 8.90. The zero-order valence-corrected chi connectivity index (χ0v) is 17.3. The number of nitrogens with one attached hydrogen (secondary N) is 1. The van der Waals surface area contributed by atoms with Crippen LogP contribution in [0.5, 0.6) is 0 Å². The second-order valence-electron chi connectivity index (χ2n) is 8.49. The molecule has 4 nitrogen and oxygen atoms in total. The van der Waals surface area contributed by atoms with Crippen molar-refractivity contribution in [2.75, 3.05) is 19.8 Å². The fraction of sp³-hybridized carbons (Fsp3) is 0.682. The van der Waals surface area contributed by atoms with Crippen LogP contribution in [0.25, 0.3) is 0 Å². The lowest BCUT2D eigenvalue weighted by molar-refractivity contribution is -0.128. The maximum Gasteiger partial charge on any atom is 0.220 e. The highest BCUT2D eigenvalue weighted by Crippen LogP contribution is 2.42. The number of halogens is 1. The molecule has 1 aromatic carbocycles. The van der Waals surface area contributed by atoms with E-state index in [1.807, 2.05) is 18.2 Å². The number of rotatable bonds is 7. The zero-order valence-electron chi connectivity index (χ0n) is 16.5. The van der Waals surface area contributed by atoms with Crippen LogP contribution in [0.4, 0.5) is 0 Å². The Morgan fingerprint density at radius 1 is 1.30 bits per heavy atom. The van der Waals surface area contributed by atoms with E-state index in [0.29, 0.717) is 25.5 Å². The van der Waals surface area contributed by atoms with E-state index in [-0.39, 0.29) is 23.5 Å². The van der Waals surface area contributed by atoms with Crippen LogP contribution in [-0.2, 0) is 20.7 Å². The summed E-state index contributed by atoms with van der Waals surface area (Å²) in [4.78, 5) is 12.8. The maximum atomic E-state index is 12.8. The molecule has 0 bridgehead atoms. The van der Waals surface area contributed by atoms with Gasteiger partial charge in [-0.05, 0) is 55.1 Å². The Morgan fingerprint density at radius 2 is 2.11 bits per heavy atom. The Bertz CT molecular complexity index is 630. The molecule has 1 aromatic rings. The average molecular weight is 394 g/mol. The third-order valence-corrected chi connectivity index (χ3v) is 6.32. The number of amides is 1. The summed E-state index contributed by atoms with van der Waals surface area (Å²) in [6.45, 7) is 6.50. The van der Waals surface area contributed by atoms with Gasteiger partial charge in [0.2, 0.25) is 5.91 Å². The maximum absolute atomic E-state index is 12.8. The van der Waals surface area contributed by atoms with Crippen LogP contribution in [0.15, 0.2) is 24.3 Å². The number of carbonyl (C=O) groups excluding carboxylic acids is 1. The first-order valence-corrected chi connectivity index (χ1v) is 10.6. The van der Waals surface area contributed by atoms with Gasteiger partial charge in [0.15, 0.2) is 0 Å². The van der Waals surface area contributed by atoms with Gasteiger partial charge in [0.05, 0.1) is 12.2 Å². The van der Waals surface area contributed by atoms with Crippen molar-refractivity contribution < 1.29 is 14.3 Å². The predicted molar refractivity (Wildman–Crippen MR) is 108 cm³/mol. The minimum atomic E-state index is -0.112. The molecule has 0 saturated carbocycles. The van der Waals surface area contributed by atoms with Crippen molar-refractivity contribution in [1.29, 1.82) is 0 Å². The lowest BCUT2D eigenvalue weighted by atomic mass is 9.69. The van der Waals surface area contributed by atoms with E-state index in [9.17, 15) is 4.79 Å². The van der Waals surface area contributed by atoms with E-state index in [4.69, 9.17) is 21.1 Å². The van der Waals surface area contributed by atoms with E-state index in [0.717, 1.165) is 49.3 Å². The van der Waals surface area contributed by atoms with Gasteiger partial charge in [0, 0.05) is 31.2 Å². The molecule has 2 saturated heterocycles. The smallest absolute Gasteiger partial charge is 0.220 e. The summed E-state index contributed by atoms with van der Waals surface area (Å²) < 4.78 is 11.6. The summed E-state index contributed by atoms with van der Waals surface area (Å²) in [7, 11) is 0. The van der Waals surface area contributed by atoms with Crippen molar-refractivity contribution in [2.24, 2.45) is 11.3 Å². The van der Waals surface area contributed by atoms with Crippen LogP contribution in [0.2, 0.25) is 5.02 Å². The molecule has 150 valence electrons. The SMILES string of the molecule is CC(C)[C@@H]1C[C@@](CC(=O)NC[C@@H]2CCCO2)(Cc2ccccc2Cl)CCO1. The molecule has 3 atom stereocenters. The summed E-state index contributed by atoms with van der Waals surface area (Å²) in [5.41, 5.74) is 1.01. The van der Waals surface area contributed by atoms with Crippen molar-refractivity contribution in [2.45, 2.75) is 64.6 Å². The Balaban J connectivity index is 1.70. The van der Waals surface area contributed by atoms with Crippen molar-refractivity contribution in [3.05, 3.63) is 34.9 Å². The van der Waals surface area contributed by atoms with Gasteiger partial charge in [-0.3, -0.25) is 4.79 Å². The van der Waals surface area contributed by atoms with Crippen molar-refractivity contribution in [3.8, 4) is 0 Å². The van der Waals surface area contributed by atoms with Gasteiger partial charge in [-0.1, -0.05) is 43.6 Å². The van der Waals surface area contributed by atoms with E-state index in [1.54, 1.807) is 0 Å². The molecule has 3 rings (SSSR count). The molecule has 2 aliphatic rings. The lowest BCUT2D eigenvalue weighted by Gasteiger charge is -2.42. The molecule has 1 amide bonds. The number of ether oxygens (including phenoxy) is 2. The van der Waals surface area contributed by atoms with Crippen LogP contribution in [-0.4, -0.2) is 37.9 Å². The average Bonchev–Trinajstić information content (AvgIpc) is 3.16. The normalized spacial score (nSPS) is 28.4. The number of carbonyl (C=O) groups is 1. The Labute approximate surface area is 168 Å². The summed E-state index contributed by atoms with van der Waals surface area (Å²) in [6, 6.07) is 7.98. The number of hydrogen-bond acceptors (Lipinski definition) is 3. The molecular weight excluding hydrogens is 362 g/mol. The topological polar surface area (TPSA) is 47.6 Å². The summed E-state index contributed by atoms with van der Waals surface area (Å²) >= 11 is 6.44. The third kappa shape index (κ3) is 5.69. The minimum absolute atomic E-state index is 0.112. The zero-order chi connectivity index (χ0) is 19.3. The first-order chi connectivity index (χ1) is 13.0. The second kappa shape index (κ2) is 9.40. The van der Waals surface area contributed by atoms with Crippen LogP contribution in [0, 0.1) is 11.3 Å². The monoisotopic (exact) mass is 393 g/mol. The quantitative estimate of drug-likeness (QED) is 0.747. The van der Waals surface area contributed by atoms with Crippen LogP contribution < -0.4 is 5.32 Å². The largest absolute Gasteiger partial charge is 0.378 e. The standard InChI is InChI=1S/C22H32ClNO3/c1-16(2)20-13-22(9-11-27-20,12-17-6-3-4-8-19(17)23)14-21(25)24-15-18-7-5-10-26-18/h3-4,6,8,16,18,20H,5,7,9-15H2,1-2H3,(H,24,25)/t18-,20-,22-/m0/s1. The molecule has 2 fully saturated rings. The van der Waals surface area contributed by atoms with Gasteiger partial charge in [-0.25, -0.2) is 0 Å². The first-order valence-electron chi connectivity index (χ1n) is 10.2. The fourth-order valence-corrected chi connectivity index (χ4v) is 4.51. The minimum Gasteiger partial charge on any atom is -0.378 e. The number of hydrogen-bond donors (Lipinski definition) is 1. The van der Waals surface area contributed by atoms with Gasteiger partial charge in [-0.2, -0.15) is 0 Å². The van der Waals surface area contributed by atoms with Gasteiger partial charge >= 0.3 is 0 Å². The van der Waals surface area contributed by atoms with Gasteiger partial charge in [0.1, 0.15) is 0 Å². The molecule has 0 spiro atoms. The van der Waals surface area contributed by atoms with E-state index in [2.05, 4.69) is 25.2 Å². The predicted octanol–water partition coefficient (Wildman–Crippen LogP) is 4.39. The van der Waals surface area contributed by atoms with E-state index < -0.39 is 0 Å². The van der Waals surface area contributed by atoms with Crippen LogP contribution >= 0.6 is 11.6 Å². The van der Waals surface area contributed by atoms with Crippen LogP contribution in [0.3, 0.4) is 0 Å². The van der Waals surface area contributed by atoms with Crippen molar-refractivity contribution >= 4 is 17.5 Å². The molecule has 5 heteroatoms. The first kappa shape index (κ1) is 20.6. The molecule has 2 aliphatic heterocycles. The van der Waals surface area contributed by atoms with E-state index >= 15 is 0 Å². The molecule has 0 aromatic heterocycles. The highest BCUT2D eigenvalue weighted by Gasteiger charge is 2.40. The molecular formula is C22H32ClNO3. The fourth-order valence-electron chi connectivity index (χ4n) is 4.31. The third-order valence-electron chi connectivity index (χ3n) is 5.95. The highest BCUT2D eigenvalue weighted by molar-refractivity contribution is 6.31. The Kier molecular flexibility index (Phi) is 7.18. The molecule has 0 radical (unpaired) electrons. The van der Waals surface area contributed by atoms with Crippen molar-refractivity contribution in [3.63, 3.8) is 0 Å². The Hall–Kier alpha value is -1.10. The summed E-state index contributed by atoms with van der Waals surface area (Å²) in [5, 5.41) is 3.89. The molecule has 2 heterocycles. The number of benzene rings is 1. The van der Waals surface area contributed by atoms with Crippen LogP contribution in [0.1, 0.15) is 51.5 Å². The van der Waals surface area contributed by atoms with Gasteiger partial charge in [0.25, 0.3) is 0 Å². The van der Waals surface area contributed by atoms with Gasteiger partial charge in [-0.15, -0.1) is 0 Å². The highest BCUT2D eigenvalue weighted by atomic mass is 35.5. The van der Waals surface area contributed by atoms with Gasteiger partial charge < -0.3 is 14.8 Å². The molecule has 0 unspecified atom stereocenters. The lowest BCUT2D eigenvalue weighted by Crippen LogP contribution is -2.43. The molecule has 27 heavy (non-hydrogen) atoms. The summed E-state index contributed by atoms with van der Waals surface area (Å²) in [6.07, 6.45) is 5.58. The summed E-state index contributed by atoms with van der Waals surface area (Å²) in [5.74, 6) is 0.549. The molecule has 0 aliphatic carbocycles. The Morgan fingerprint density at radius 3 is 2.81 bits per heavy atom. The van der Waals surface area contributed by atoms with E-state index in [1.165, 1.54) is 0 Å². The molecule has 1 N–H and O–H groups in total. The van der Waals surface area contributed by atoms with Crippen molar-refractivity contribution in [1.82, 2.24) is 5.32 Å².